The van der Waals surface area contributed by atoms with Crippen molar-refractivity contribution in [2.24, 2.45) is 5.92 Å². The second-order valence-electron chi connectivity index (χ2n) is 8.15. The number of rotatable bonds is 8. The summed E-state index contributed by atoms with van der Waals surface area (Å²) < 4.78 is 0. The Morgan fingerprint density at radius 1 is 1.18 bits per heavy atom. The molecule has 1 amide bonds. The van der Waals surface area contributed by atoms with Gasteiger partial charge in [-0.3, -0.25) is 4.79 Å². The highest BCUT2D eigenvalue weighted by atomic mass is 16.4. The average Bonchev–Trinajstić information content (AvgIpc) is 3.19. The number of nitrogens with one attached hydrogen (secondary N) is 1. The van der Waals surface area contributed by atoms with Crippen molar-refractivity contribution in [1.29, 1.82) is 0 Å². The van der Waals surface area contributed by atoms with Gasteiger partial charge in [-0.15, -0.1) is 0 Å². The van der Waals surface area contributed by atoms with Gasteiger partial charge in [-0.2, -0.15) is 0 Å². The highest BCUT2D eigenvalue weighted by molar-refractivity contribution is 5.97. The molecule has 0 bridgehead atoms. The Labute approximate surface area is 167 Å². The number of carboxylic acids is 1. The molecule has 2 aliphatic heterocycles. The molecule has 2 N–H and O–H groups in total. The first-order valence-corrected chi connectivity index (χ1v) is 10.7. The van der Waals surface area contributed by atoms with Crippen LogP contribution < -0.4 is 10.2 Å². The van der Waals surface area contributed by atoms with Gasteiger partial charge in [0.1, 0.15) is 0 Å². The standard InChI is InChI=1S/C22H33N3O3/c1-2-3-8-21(26)23-19-14-18(22(27)28)9-10-20(19)25-13-6-7-17(16-25)15-24-11-4-5-12-24/h9-10,14,17H,2-8,11-13,15-16H2,1H3,(H,23,26)(H,27,28). The van der Waals surface area contributed by atoms with E-state index in [1.54, 1.807) is 12.1 Å². The number of nitrogens with zero attached hydrogens (tertiary/aromatic N) is 2. The smallest absolute Gasteiger partial charge is 0.335 e. The van der Waals surface area contributed by atoms with Gasteiger partial charge < -0.3 is 20.2 Å². The molecule has 2 aliphatic rings. The van der Waals surface area contributed by atoms with E-state index in [0.717, 1.165) is 44.6 Å². The zero-order valence-corrected chi connectivity index (χ0v) is 17.0. The van der Waals surface area contributed by atoms with Crippen LogP contribution in [-0.2, 0) is 4.79 Å². The number of amides is 1. The van der Waals surface area contributed by atoms with E-state index in [1.807, 2.05) is 6.07 Å². The molecular weight excluding hydrogens is 354 g/mol. The van der Waals surface area contributed by atoms with Crippen LogP contribution in [0, 0.1) is 5.92 Å². The van der Waals surface area contributed by atoms with Crippen molar-refractivity contribution in [3.63, 3.8) is 0 Å². The van der Waals surface area contributed by atoms with Crippen LogP contribution >= 0.6 is 0 Å². The van der Waals surface area contributed by atoms with Crippen LogP contribution in [0.2, 0.25) is 0 Å². The Morgan fingerprint density at radius 2 is 1.96 bits per heavy atom. The molecule has 0 aliphatic carbocycles. The molecule has 3 rings (SSSR count). The molecule has 6 heteroatoms. The van der Waals surface area contributed by atoms with Gasteiger partial charge in [0.05, 0.1) is 16.9 Å². The number of aromatic carboxylic acids is 1. The van der Waals surface area contributed by atoms with Crippen molar-refractivity contribution < 1.29 is 14.7 Å². The first-order valence-electron chi connectivity index (χ1n) is 10.7. The number of likely N-dealkylation sites (tertiary alicyclic amines) is 1. The Hall–Kier alpha value is -2.08. The summed E-state index contributed by atoms with van der Waals surface area (Å²) in [5.74, 6) is -0.396. The maximum atomic E-state index is 12.3. The van der Waals surface area contributed by atoms with Crippen LogP contribution in [0.25, 0.3) is 0 Å². The van der Waals surface area contributed by atoms with Crippen molar-refractivity contribution in [2.45, 2.75) is 51.9 Å². The maximum Gasteiger partial charge on any atom is 0.335 e. The molecule has 1 aromatic carbocycles. The number of carbonyl (C=O) groups is 2. The third-order valence-corrected chi connectivity index (χ3v) is 5.85. The van der Waals surface area contributed by atoms with Crippen LogP contribution in [0.3, 0.4) is 0 Å². The van der Waals surface area contributed by atoms with Crippen molar-refractivity contribution in [3.05, 3.63) is 23.8 Å². The molecule has 0 aromatic heterocycles. The van der Waals surface area contributed by atoms with Gasteiger partial charge in [-0.05, 0) is 69.3 Å². The number of benzene rings is 1. The number of hydrogen-bond donors (Lipinski definition) is 2. The Morgan fingerprint density at radius 3 is 2.68 bits per heavy atom. The Kier molecular flexibility index (Phi) is 7.31. The topological polar surface area (TPSA) is 72.9 Å². The lowest BCUT2D eigenvalue weighted by molar-refractivity contribution is -0.116. The lowest BCUT2D eigenvalue weighted by Crippen LogP contribution is -2.40. The highest BCUT2D eigenvalue weighted by Crippen LogP contribution is 2.32. The van der Waals surface area contributed by atoms with E-state index >= 15 is 0 Å². The number of carboxylic acid groups (broad SMARTS) is 1. The van der Waals surface area contributed by atoms with Crippen LogP contribution in [0.4, 0.5) is 11.4 Å². The molecule has 2 heterocycles. The van der Waals surface area contributed by atoms with Gasteiger partial charge in [0, 0.05) is 26.1 Å². The molecule has 1 aromatic rings. The molecule has 28 heavy (non-hydrogen) atoms. The third-order valence-electron chi connectivity index (χ3n) is 5.85. The van der Waals surface area contributed by atoms with E-state index in [-0.39, 0.29) is 11.5 Å². The molecule has 0 spiro atoms. The monoisotopic (exact) mass is 387 g/mol. The van der Waals surface area contributed by atoms with E-state index in [2.05, 4.69) is 22.0 Å². The predicted octanol–water partition coefficient (Wildman–Crippen LogP) is 3.83. The van der Waals surface area contributed by atoms with E-state index in [1.165, 1.54) is 32.4 Å². The SMILES string of the molecule is CCCCC(=O)Nc1cc(C(=O)O)ccc1N1CCCC(CN2CCCC2)C1. The fraction of sp³-hybridized carbons (Fsp3) is 0.636. The minimum absolute atomic E-state index is 0.0451. The normalized spacial score (nSPS) is 20.3. The number of piperidine rings is 1. The fourth-order valence-electron chi connectivity index (χ4n) is 4.36. The van der Waals surface area contributed by atoms with E-state index in [9.17, 15) is 14.7 Å². The summed E-state index contributed by atoms with van der Waals surface area (Å²) in [5.41, 5.74) is 1.78. The van der Waals surface area contributed by atoms with Gasteiger partial charge in [0.25, 0.3) is 0 Å². The predicted molar refractivity (Wildman–Crippen MR) is 112 cm³/mol. The highest BCUT2D eigenvalue weighted by Gasteiger charge is 2.25. The van der Waals surface area contributed by atoms with Gasteiger partial charge in [0.2, 0.25) is 5.91 Å². The van der Waals surface area contributed by atoms with Gasteiger partial charge in [0.15, 0.2) is 0 Å². The second kappa shape index (κ2) is 9.92. The summed E-state index contributed by atoms with van der Waals surface area (Å²) in [5, 5.41) is 12.3. The van der Waals surface area contributed by atoms with Crippen LogP contribution in [0.1, 0.15) is 62.2 Å². The van der Waals surface area contributed by atoms with Crippen LogP contribution in [0.5, 0.6) is 0 Å². The first-order chi connectivity index (χ1) is 13.6. The third kappa shape index (κ3) is 5.47. The Balaban J connectivity index is 1.74. The molecule has 6 nitrogen and oxygen atoms in total. The van der Waals surface area contributed by atoms with Gasteiger partial charge in [-0.25, -0.2) is 4.79 Å². The molecule has 1 unspecified atom stereocenters. The lowest BCUT2D eigenvalue weighted by Gasteiger charge is -2.37. The molecule has 0 radical (unpaired) electrons. The minimum atomic E-state index is -0.971. The summed E-state index contributed by atoms with van der Waals surface area (Å²) in [6.45, 7) is 7.52. The van der Waals surface area contributed by atoms with Crippen LogP contribution in [-0.4, -0.2) is 54.6 Å². The van der Waals surface area contributed by atoms with E-state index in [4.69, 9.17) is 0 Å². The maximum absolute atomic E-state index is 12.3. The fourth-order valence-corrected chi connectivity index (χ4v) is 4.36. The largest absolute Gasteiger partial charge is 0.478 e. The number of unbranched alkanes of at least 4 members (excludes halogenated alkanes) is 1. The summed E-state index contributed by atoms with van der Waals surface area (Å²) >= 11 is 0. The quantitative estimate of drug-likeness (QED) is 0.709. The van der Waals surface area contributed by atoms with Crippen molar-refractivity contribution in [1.82, 2.24) is 4.90 Å². The molecule has 154 valence electrons. The Bertz CT molecular complexity index is 686. The number of anilines is 2. The van der Waals surface area contributed by atoms with Crippen molar-refractivity contribution >= 4 is 23.3 Å². The van der Waals surface area contributed by atoms with Crippen molar-refractivity contribution in [2.75, 3.05) is 42.9 Å². The first kappa shape index (κ1) is 20.6. The summed E-state index contributed by atoms with van der Waals surface area (Å²) in [7, 11) is 0. The summed E-state index contributed by atoms with van der Waals surface area (Å²) in [6.07, 6.45) is 7.23. The zero-order chi connectivity index (χ0) is 19.9. The molecule has 2 fully saturated rings. The number of carbonyl (C=O) groups excluding carboxylic acids is 1. The van der Waals surface area contributed by atoms with Gasteiger partial charge in [-0.1, -0.05) is 13.3 Å². The van der Waals surface area contributed by atoms with Crippen molar-refractivity contribution in [3.8, 4) is 0 Å². The lowest BCUT2D eigenvalue weighted by atomic mass is 9.96. The number of hydrogen-bond acceptors (Lipinski definition) is 4. The second-order valence-corrected chi connectivity index (χ2v) is 8.15. The molecule has 2 saturated heterocycles. The minimum Gasteiger partial charge on any atom is -0.478 e. The molecule has 1 atom stereocenters. The molecular formula is C22H33N3O3. The average molecular weight is 388 g/mol. The molecule has 0 saturated carbocycles. The van der Waals surface area contributed by atoms with Crippen LogP contribution in [0.15, 0.2) is 18.2 Å². The zero-order valence-electron chi connectivity index (χ0n) is 17.0. The van der Waals surface area contributed by atoms with Gasteiger partial charge >= 0.3 is 5.97 Å². The summed E-state index contributed by atoms with van der Waals surface area (Å²) in [4.78, 5) is 28.6. The van der Waals surface area contributed by atoms with E-state index in [0.29, 0.717) is 18.0 Å². The summed E-state index contributed by atoms with van der Waals surface area (Å²) in [6, 6.07) is 5.10. The van der Waals surface area contributed by atoms with E-state index < -0.39 is 5.97 Å².